The number of aryl methyl sites for hydroxylation is 1. The summed E-state index contributed by atoms with van der Waals surface area (Å²) >= 11 is 12.7. The number of hydrogen-bond donors (Lipinski definition) is 2. The lowest BCUT2D eigenvalue weighted by Crippen LogP contribution is -2.99. The molecule has 0 aromatic heterocycles. The van der Waals surface area contributed by atoms with Crippen LogP contribution in [0.5, 0.6) is 0 Å². The van der Waals surface area contributed by atoms with Crippen LogP contribution in [0, 0.1) is 24.7 Å². The quantitative estimate of drug-likeness (QED) is 0.673. The first kappa shape index (κ1) is 21.4. The number of carbonyl (C=O) groups excluding carboxylic acids is 3. The Labute approximate surface area is 196 Å². The SMILES string of the molecule is Cc1cc(Cl)cc2c1NC(=O)[C@@]21[NH2+][C@@H](C(C)C)[C@H]2C(=O)N(Cc3ccccc3Cl)C(=O)[C@H]21. The Morgan fingerprint density at radius 3 is 2.53 bits per heavy atom. The average Bonchev–Trinajstić information content (AvgIpc) is 3.31. The summed E-state index contributed by atoms with van der Waals surface area (Å²) in [5.74, 6) is -2.16. The van der Waals surface area contributed by atoms with Gasteiger partial charge in [0.1, 0.15) is 17.9 Å². The van der Waals surface area contributed by atoms with Gasteiger partial charge in [-0.05, 0) is 36.2 Å². The number of nitrogens with one attached hydrogen (secondary N) is 1. The van der Waals surface area contributed by atoms with Crippen molar-refractivity contribution in [1.29, 1.82) is 0 Å². The van der Waals surface area contributed by atoms with Crippen LogP contribution in [0.25, 0.3) is 0 Å². The van der Waals surface area contributed by atoms with E-state index in [0.717, 1.165) is 5.56 Å². The molecule has 0 aliphatic carbocycles. The second kappa shape index (κ2) is 7.30. The minimum absolute atomic E-state index is 0.0796. The van der Waals surface area contributed by atoms with Gasteiger partial charge in [-0.3, -0.25) is 19.3 Å². The van der Waals surface area contributed by atoms with Gasteiger partial charge in [0.05, 0.1) is 12.2 Å². The van der Waals surface area contributed by atoms with E-state index in [1.807, 2.05) is 32.2 Å². The lowest BCUT2D eigenvalue weighted by Gasteiger charge is -2.27. The van der Waals surface area contributed by atoms with Crippen molar-refractivity contribution < 1.29 is 19.7 Å². The standard InChI is InChI=1S/C24H23Cl2N3O3/c1-11(2)19-17-18(22(31)29(21(17)30)10-13-6-4-5-7-16(13)26)24(28-19)15-9-14(25)8-12(3)20(15)27-23(24)32/h4-9,11,17-19,28H,10H2,1-3H3,(H,27,32)/p+1/t17-,18-,19-,24+/m0/s1. The molecule has 3 aliphatic rings. The number of nitrogens with zero attached hydrogens (tertiary/aromatic N) is 1. The normalized spacial score (nSPS) is 28.6. The van der Waals surface area contributed by atoms with Crippen LogP contribution >= 0.6 is 23.2 Å². The van der Waals surface area contributed by atoms with Crippen molar-refractivity contribution in [3.8, 4) is 0 Å². The Kier molecular flexibility index (Phi) is 4.89. The number of fused-ring (bicyclic) bond motifs is 4. The fraction of sp³-hybridized carbons (Fsp3) is 0.375. The van der Waals surface area contributed by atoms with Gasteiger partial charge in [-0.1, -0.05) is 55.2 Å². The summed E-state index contributed by atoms with van der Waals surface area (Å²) in [4.78, 5) is 42.2. The zero-order valence-corrected chi connectivity index (χ0v) is 19.5. The van der Waals surface area contributed by atoms with Gasteiger partial charge in [-0.15, -0.1) is 0 Å². The van der Waals surface area contributed by atoms with Crippen molar-refractivity contribution in [2.75, 3.05) is 5.32 Å². The monoisotopic (exact) mass is 472 g/mol. The van der Waals surface area contributed by atoms with Crippen molar-refractivity contribution in [1.82, 2.24) is 4.90 Å². The summed E-state index contributed by atoms with van der Waals surface area (Å²) in [6, 6.07) is 10.5. The smallest absolute Gasteiger partial charge is 0.291 e. The number of nitrogens with two attached hydrogens (primary N) is 1. The van der Waals surface area contributed by atoms with Gasteiger partial charge < -0.3 is 10.6 Å². The third-order valence-corrected chi connectivity index (χ3v) is 7.81. The number of quaternary nitrogens is 1. The van der Waals surface area contributed by atoms with Crippen LogP contribution in [0.2, 0.25) is 10.0 Å². The molecule has 6 nitrogen and oxygen atoms in total. The van der Waals surface area contributed by atoms with Gasteiger partial charge in [-0.2, -0.15) is 0 Å². The van der Waals surface area contributed by atoms with Gasteiger partial charge in [0.25, 0.3) is 5.91 Å². The molecule has 2 fully saturated rings. The van der Waals surface area contributed by atoms with Gasteiger partial charge >= 0.3 is 0 Å². The molecule has 2 aromatic carbocycles. The number of halogens is 2. The van der Waals surface area contributed by atoms with E-state index < -0.39 is 17.4 Å². The summed E-state index contributed by atoms with van der Waals surface area (Å²) in [5, 5.41) is 5.91. The molecule has 8 heteroatoms. The summed E-state index contributed by atoms with van der Waals surface area (Å²) in [5.41, 5.74) is 1.69. The summed E-state index contributed by atoms with van der Waals surface area (Å²) in [6.45, 7) is 6.00. The summed E-state index contributed by atoms with van der Waals surface area (Å²) < 4.78 is 0. The summed E-state index contributed by atoms with van der Waals surface area (Å²) in [6.07, 6.45) is 0. The molecular formula is C24H24Cl2N3O3+. The zero-order valence-electron chi connectivity index (χ0n) is 18.0. The molecule has 0 radical (unpaired) electrons. The molecule has 166 valence electrons. The number of benzene rings is 2. The number of imide groups is 1. The molecule has 3 aliphatic heterocycles. The molecule has 5 rings (SSSR count). The predicted octanol–water partition coefficient (Wildman–Crippen LogP) is 2.85. The minimum atomic E-state index is -1.22. The molecule has 1 spiro atoms. The number of rotatable bonds is 3. The number of hydrogen-bond acceptors (Lipinski definition) is 3. The fourth-order valence-electron chi connectivity index (χ4n) is 5.74. The Morgan fingerprint density at radius 2 is 1.84 bits per heavy atom. The average molecular weight is 473 g/mol. The zero-order chi connectivity index (χ0) is 22.9. The minimum Gasteiger partial charge on any atom is -0.326 e. The molecule has 3 amide bonds. The van der Waals surface area contributed by atoms with Crippen LogP contribution in [0.1, 0.15) is 30.5 Å². The van der Waals surface area contributed by atoms with Crippen LogP contribution in [-0.2, 0) is 26.5 Å². The molecule has 2 aromatic rings. The highest BCUT2D eigenvalue weighted by atomic mass is 35.5. The van der Waals surface area contributed by atoms with E-state index in [9.17, 15) is 14.4 Å². The van der Waals surface area contributed by atoms with Gasteiger partial charge in [0.2, 0.25) is 17.4 Å². The molecular weight excluding hydrogens is 449 g/mol. The first-order valence-electron chi connectivity index (χ1n) is 10.7. The van der Waals surface area contributed by atoms with E-state index in [1.54, 1.807) is 30.3 Å². The van der Waals surface area contributed by atoms with Crippen LogP contribution in [0.15, 0.2) is 36.4 Å². The maximum Gasteiger partial charge on any atom is 0.291 e. The Balaban J connectivity index is 1.65. The highest BCUT2D eigenvalue weighted by molar-refractivity contribution is 6.31. The molecule has 0 bridgehead atoms. The van der Waals surface area contributed by atoms with Crippen molar-refractivity contribution in [2.24, 2.45) is 17.8 Å². The molecule has 4 atom stereocenters. The van der Waals surface area contributed by atoms with Crippen molar-refractivity contribution in [3.05, 3.63) is 63.1 Å². The third kappa shape index (κ3) is 2.79. The number of anilines is 1. The molecule has 32 heavy (non-hydrogen) atoms. The first-order valence-corrected chi connectivity index (χ1v) is 11.5. The van der Waals surface area contributed by atoms with Crippen LogP contribution in [0.3, 0.4) is 0 Å². The summed E-state index contributed by atoms with van der Waals surface area (Å²) in [7, 11) is 0. The molecule has 3 N–H and O–H groups in total. The largest absolute Gasteiger partial charge is 0.326 e. The number of carbonyl (C=O) groups is 3. The lowest BCUT2D eigenvalue weighted by molar-refractivity contribution is -0.738. The van der Waals surface area contributed by atoms with Gasteiger partial charge in [0, 0.05) is 21.5 Å². The molecule has 0 unspecified atom stereocenters. The van der Waals surface area contributed by atoms with Crippen molar-refractivity contribution in [2.45, 2.75) is 38.9 Å². The van der Waals surface area contributed by atoms with Crippen molar-refractivity contribution in [3.63, 3.8) is 0 Å². The molecule has 2 saturated heterocycles. The van der Waals surface area contributed by atoms with Crippen LogP contribution in [-0.4, -0.2) is 28.7 Å². The Bertz CT molecular complexity index is 1180. The topological polar surface area (TPSA) is 83.1 Å². The predicted molar refractivity (Wildman–Crippen MR) is 121 cm³/mol. The van der Waals surface area contributed by atoms with E-state index in [-0.39, 0.29) is 36.2 Å². The highest BCUT2D eigenvalue weighted by Crippen LogP contribution is 2.51. The maximum atomic E-state index is 13.8. The maximum absolute atomic E-state index is 13.8. The van der Waals surface area contributed by atoms with E-state index in [1.165, 1.54) is 4.90 Å². The van der Waals surface area contributed by atoms with Crippen molar-refractivity contribution >= 4 is 46.6 Å². The highest BCUT2D eigenvalue weighted by Gasteiger charge is 2.74. The van der Waals surface area contributed by atoms with E-state index in [0.29, 0.717) is 26.9 Å². The third-order valence-electron chi connectivity index (χ3n) is 7.22. The molecule has 0 saturated carbocycles. The van der Waals surface area contributed by atoms with E-state index in [4.69, 9.17) is 23.2 Å². The van der Waals surface area contributed by atoms with E-state index in [2.05, 4.69) is 5.32 Å². The number of amides is 3. The number of likely N-dealkylation sites (tertiary alicyclic amines) is 1. The van der Waals surface area contributed by atoms with E-state index >= 15 is 0 Å². The Hall–Kier alpha value is -2.41. The van der Waals surface area contributed by atoms with Crippen LogP contribution < -0.4 is 10.6 Å². The van der Waals surface area contributed by atoms with Gasteiger partial charge in [-0.25, -0.2) is 0 Å². The Morgan fingerprint density at radius 1 is 1.12 bits per heavy atom. The lowest BCUT2D eigenvalue weighted by atomic mass is 9.75. The molecule has 3 heterocycles. The second-order valence-corrected chi connectivity index (χ2v) is 10.2. The second-order valence-electron chi connectivity index (χ2n) is 9.31. The van der Waals surface area contributed by atoms with Gasteiger partial charge in [0.15, 0.2) is 0 Å². The first-order chi connectivity index (χ1) is 15.2. The van der Waals surface area contributed by atoms with Crippen LogP contribution in [0.4, 0.5) is 5.69 Å². The fourth-order valence-corrected chi connectivity index (χ4v) is 6.21.